The number of anilines is 1. The Morgan fingerprint density at radius 2 is 1.76 bits per heavy atom. The molecular formula is C21H24F2N2O3S. The molecule has 2 aromatic rings. The molecule has 2 atom stereocenters. The van der Waals surface area contributed by atoms with Gasteiger partial charge in [-0.05, 0) is 61.6 Å². The fraction of sp³-hybridized carbons (Fsp3) is 0.381. The van der Waals surface area contributed by atoms with E-state index < -0.39 is 32.5 Å². The molecule has 0 aromatic heterocycles. The van der Waals surface area contributed by atoms with E-state index >= 15 is 0 Å². The van der Waals surface area contributed by atoms with Crippen molar-refractivity contribution in [1.82, 2.24) is 4.72 Å². The average Bonchev–Trinajstić information content (AvgIpc) is 2.66. The van der Waals surface area contributed by atoms with Gasteiger partial charge in [-0.3, -0.25) is 4.79 Å². The van der Waals surface area contributed by atoms with Crippen molar-refractivity contribution >= 4 is 21.6 Å². The highest BCUT2D eigenvalue weighted by Crippen LogP contribution is 2.26. The molecule has 1 amide bonds. The molecule has 8 heteroatoms. The standard InChI is InChI=1S/C21H24F2N2O3S/c1-13-7-9-16(12-18(13)23)24-21(26)15-8-10-17(22)20(11-15)29(27,28)25-19-6-4-3-5-14(19)2/h7-12,14,19,25H,3-6H2,1-2H3,(H,24,26)/t14-,19-/m1/s1. The minimum atomic E-state index is -4.13. The normalized spacial score (nSPS) is 19.7. The van der Waals surface area contributed by atoms with Gasteiger partial charge in [-0.1, -0.05) is 25.8 Å². The van der Waals surface area contributed by atoms with Crippen LogP contribution >= 0.6 is 0 Å². The lowest BCUT2D eigenvalue weighted by Crippen LogP contribution is -2.41. The Kier molecular flexibility index (Phi) is 6.33. The van der Waals surface area contributed by atoms with E-state index in [4.69, 9.17) is 0 Å². The lowest BCUT2D eigenvalue weighted by Gasteiger charge is -2.29. The van der Waals surface area contributed by atoms with Crippen molar-refractivity contribution < 1.29 is 22.0 Å². The van der Waals surface area contributed by atoms with Crippen molar-refractivity contribution in [3.63, 3.8) is 0 Å². The Bertz CT molecular complexity index is 1020. The number of hydrogen-bond donors (Lipinski definition) is 2. The number of rotatable bonds is 5. The monoisotopic (exact) mass is 422 g/mol. The molecule has 1 aliphatic carbocycles. The van der Waals surface area contributed by atoms with Gasteiger partial charge in [0.05, 0.1) is 0 Å². The molecule has 0 bridgehead atoms. The number of hydrogen-bond acceptors (Lipinski definition) is 3. The molecule has 0 heterocycles. The zero-order valence-corrected chi connectivity index (χ0v) is 17.2. The Hall–Kier alpha value is -2.32. The maximum atomic E-state index is 14.3. The van der Waals surface area contributed by atoms with Crippen molar-refractivity contribution in [2.45, 2.75) is 50.5 Å². The van der Waals surface area contributed by atoms with Gasteiger partial charge in [0.25, 0.3) is 5.91 Å². The van der Waals surface area contributed by atoms with Crippen molar-refractivity contribution in [1.29, 1.82) is 0 Å². The summed E-state index contributed by atoms with van der Waals surface area (Å²) in [5.74, 6) is -1.91. The summed E-state index contributed by atoms with van der Waals surface area (Å²) in [5.41, 5.74) is 0.617. The molecule has 1 fully saturated rings. The lowest BCUT2D eigenvalue weighted by molar-refractivity contribution is 0.102. The van der Waals surface area contributed by atoms with E-state index in [1.165, 1.54) is 24.3 Å². The second kappa shape index (κ2) is 8.59. The van der Waals surface area contributed by atoms with Crippen LogP contribution in [0.1, 0.15) is 48.5 Å². The summed E-state index contributed by atoms with van der Waals surface area (Å²) in [4.78, 5) is 11.9. The highest BCUT2D eigenvalue weighted by Gasteiger charge is 2.29. The molecule has 156 valence electrons. The molecular weight excluding hydrogens is 398 g/mol. The minimum absolute atomic E-state index is 0.0375. The number of carbonyl (C=O) groups excluding carboxylic acids is 1. The molecule has 0 spiro atoms. The van der Waals surface area contributed by atoms with Crippen LogP contribution in [0.3, 0.4) is 0 Å². The van der Waals surface area contributed by atoms with Gasteiger partial charge in [0.1, 0.15) is 16.5 Å². The minimum Gasteiger partial charge on any atom is -0.322 e. The van der Waals surface area contributed by atoms with Gasteiger partial charge in [0.2, 0.25) is 10.0 Å². The summed E-state index contributed by atoms with van der Waals surface area (Å²) < 4.78 is 56.1. The van der Waals surface area contributed by atoms with Crippen LogP contribution in [-0.2, 0) is 10.0 Å². The van der Waals surface area contributed by atoms with Crippen LogP contribution in [0.2, 0.25) is 0 Å². The van der Waals surface area contributed by atoms with Crippen LogP contribution in [0, 0.1) is 24.5 Å². The topological polar surface area (TPSA) is 75.3 Å². The zero-order valence-electron chi connectivity index (χ0n) is 16.3. The number of sulfonamides is 1. The van der Waals surface area contributed by atoms with Crippen molar-refractivity contribution in [2.24, 2.45) is 5.92 Å². The summed E-state index contributed by atoms with van der Waals surface area (Å²) >= 11 is 0. The predicted octanol–water partition coefficient (Wildman–Crippen LogP) is 4.38. The zero-order chi connectivity index (χ0) is 21.2. The van der Waals surface area contributed by atoms with Gasteiger partial charge < -0.3 is 5.32 Å². The van der Waals surface area contributed by atoms with Crippen LogP contribution in [0.4, 0.5) is 14.5 Å². The first-order valence-corrected chi connectivity index (χ1v) is 11.0. The van der Waals surface area contributed by atoms with E-state index in [2.05, 4.69) is 10.0 Å². The van der Waals surface area contributed by atoms with Gasteiger partial charge in [-0.2, -0.15) is 0 Å². The van der Waals surface area contributed by atoms with Crippen LogP contribution in [0.15, 0.2) is 41.3 Å². The molecule has 29 heavy (non-hydrogen) atoms. The third-order valence-electron chi connectivity index (χ3n) is 5.33. The van der Waals surface area contributed by atoms with E-state index in [1.807, 2.05) is 6.92 Å². The maximum absolute atomic E-state index is 14.3. The van der Waals surface area contributed by atoms with Crippen LogP contribution < -0.4 is 10.0 Å². The molecule has 0 saturated heterocycles. The molecule has 2 aromatic carbocycles. The van der Waals surface area contributed by atoms with Crippen LogP contribution in [-0.4, -0.2) is 20.4 Å². The fourth-order valence-corrected chi connectivity index (χ4v) is 4.96. The van der Waals surface area contributed by atoms with E-state index in [1.54, 1.807) is 6.92 Å². The number of halogens is 2. The Morgan fingerprint density at radius 3 is 2.45 bits per heavy atom. The first kappa shape index (κ1) is 21.4. The van der Waals surface area contributed by atoms with Gasteiger partial charge in [0.15, 0.2) is 0 Å². The van der Waals surface area contributed by atoms with Crippen LogP contribution in [0.25, 0.3) is 0 Å². The molecule has 5 nitrogen and oxygen atoms in total. The molecule has 3 rings (SSSR count). The van der Waals surface area contributed by atoms with E-state index in [-0.39, 0.29) is 23.2 Å². The molecule has 0 aliphatic heterocycles. The predicted molar refractivity (Wildman–Crippen MR) is 107 cm³/mol. The molecule has 2 N–H and O–H groups in total. The number of amides is 1. The van der Waals surface area contributed by atoms with E-state index in [0.29, 0.717) is 12.0 Å². The second-order valence-corrected chi connectivity index (χ2v) is 9.24. The number of aryl methyl sites for hydroxylation is 1. The summed E-state index contributed by atoms with van der Waals surface area (Å²) in [6.07, 6.45) is 3.56. The molecule has 0 unspecified atom stereocenters. The quantitative estimate of drug-likeness (QED) is 0.751. The Balaban J connectivity index is 1.83. The van der Waals surface area contributed by atoms with Crippen molar-refractivity contribution in [3.8, 4) is 0 Å². The van der Waals surface area contributed by atoms with Gasteiger partial charge in [0, 0.05) is 17.3 Å². The van der Waals surface area contributed by atoms with E-state index in [0.717, 1.165) is 31.4 Å². The third-order valence-corrected chi connectivity index (χ3v) is 6.84. The van der Waals surface area contributed by atoms with Crippen molar-refractivity contribution in [2.75, 3.05) is 5.32 Å². The highest BCUT2D eigenvalue weighted by molar-refractivity contribution is 7.89. The number of carbonyl (C=O) groups is 1. The number of nitrogens with one attached hydrogen (secondary N) is 2. The SMILES string of the molecule is Cc1ccc(NC(=O)c2ccc(F)c(S(=O)(=O)N[C@@H]3CCCC[C@H]3C)c2)cc1F. The fourth-order valence-electron chi connectivity index (χ4n) is 3.48. The van der Waals surface area contributed by atoms with Crippen molar-refractivity contribution in [3.05, 3.63) is 59.2 Å². The number of benzene rings is 2. The molecule has 1 aliphatic rings. The average molecular weight is 422 g/mol. The van der Waals surface area contributed by atoms with Crippen LogP contribution in [0.5, 0.6) is 0 Å². The largest absolute Gasteiger partial charge is 0.322 e. The van der Waals surface area contributed by atoms with Gasteiger partial charge in [-0.25, -0.2) is 21.9 Å². The molecule has 0 radical (unpaired) electrons. The first-order chi connectivity index (χ1) is 13.7. The lowest BCUT2D eigenvalue weighted by atomic mass is 9.87. The van der Waals surface area contributed by atoms with E-state index in [9.17, 15) is 22.0 Å². The first-order valence-electron chi connectivity index (χ1n) is 9.57. The van der Waals surface area contributed by atoms with Gasteiger partial charge in [-0.15, -0.1) is 0 Å². The highest BCUT2D eigenvalue weighted by atomic mass is 32.2. The second-order valence-electron chi connectivity index (χ2n) is 7.55. The maximum Gasteiger partial charge on any atom is 0.255 e. The Labute approximate surface area is 169 Å². The summed E-state index contributed by atoms with van der Waals surface area (Å²) in [6, 6.07) is 7.10. The molecule has 1 saturated carbocycles. The third kappa shape index (κ3) is 5.00. The summed E-state index contributed by atoms with van der Waals surface area (Å²) in [6.45, 7) is 3.56. The summed E-state index contributed by atoms with van der Waals surface area (Å²) in [7, 11) is -4.13. The summed E-state index contributed by atoms with van der Waals surface area (Å²) in [5, 5.41) is 2.50. The van der Waals surface area contributed by atoms with Gasteiger partial charge >= 0.3 is 0 Å². The Morgan fingerprint density at radius 1 is 1.03 bits per heavy atom. The smallest absolute Gasteiger partial charge is 0.255 e.